The van der Waals surface area contributed by atoms with Crippen molar-refractivity contribution >= 4 is 10.7 Å². The number of halogens is 3. The minimum Gasteiger partial charge on any atom is -0.872 e. The van der Waals surface area contributed by atoms with E-state index < -0.39 is 21.9 Å². The molecule has 0 saturated heterocycles. The number of para-hydroxylation sites is 1. The minimum atomic E-state index is -4.41. The zero-order valence-electron chi connectivity index (χ0n) is 8.21. The maximum atomic E-state index is 12.7. The Morgan fingerprint density at radius 3 is 2.13 bits per heavy atom. The fraction of sp³-hybridized carbons (Fsp3) is 0.333. The highest BCUT2D eigenvalue weighted by Crippen LogP contribution is 2.31. The van der Waals surface area contributed by atoms with Crippen molar-refractivity contribution in [2.75, 3.05) is 14.1 Å². The topological polar surface area (TPSA) is 26.1 Å². The van der Waals surface area contributed by atoms with Gasteiger partial charge in [0.1, 0.15) is 14.1 Å². The molecule has 0 aromatic heterocycles. The Morgan fingerprint density at radius 2 is 1.73 bits per heavy atom. The van der Waals surface area contributed by atoms with Crippen LogP contribution in [0, 0.1) is 0 Å². The number of rotatable bonds is 1. The lowest BCUT2D eigenvalue weighted by Gasteiger charge is -2.15. The SMILES string of the molecule is C[N+](C)=S(c1ccccc1[O-])C(F)(F)F. The van der Waals surface area contributed by atoms with Gasteiger partial charge in [-0.1, -0.05) is 23.9 Å². The third-order valence-corrected chi connectivity index (χ3v) is 3.56. The average Bonchev–Trinajstić information content (AvgIpc) is 2.05. The number of benzene rings is 1. The molecule has 0 aliphatic rings. The fourth-order valence-electron chi connectivity index (χ4n) is 1.14. The van der Waals surface area contributed by atoms with Crippen LogP contribution >= 0.6 is 0 Å². The molecule has 6 heteroatoms. The molecule has 15 heavy (non-hydrogen) atoms. The smallest absolute Gasteiger partial charge is 0.495 e. The highest BCUT2D eigenvalue weighted by molar-refractivity contribution is 7.86. The molecule has 0 bridgehead atoms. The van der Waals surface area contributed by atoms with Gasteiger partial charge >= 0.3 is 5.51 Å². The molecule has 2 nitrogen and oxygen atoms in total. The van der Waals surface area contributed by atoms with Crippen LogP contribution in [0.25, 0.3) is 0 Å². The van der Waals surface area contributed by atoms with Crippen molar-refractivity contribution in [2.24, 2.45) is 0 Å². The third kappa shape index (κ3) is 2.71. The second-order valence-electron chi connectivity index (χ2n) is 2.99. The Hall–Kier alpha value is -1.04. The van der Waals surface area contributed by atoms with Crippen molar-refractivity contribution in [3.05, 3.63) is 24.3 Å². The number of nitrogens with zero attached hydrogens (tertiary/aromatic N) is 1. The van der Waals surface area contributed by atoms with Crippen molar-refractivity contribution in [2.45, 2.75) is 10.4 Å². The summed E-state index contributed by atoms with van der Waals surface area (Å²) in [5.41, 5.74) is -4.41. The number of alkyl halides is 3. The van der Waals surface area contributed by atoms with Crippen molar-refractivity contribution < 1.29 is 22.2 Å². The Kier molecular flexibility index (Phi) is 3.38. The van der Waals surface area contributed by atoms with Crippen LogP contribution in [0.1, 0.15) is 0 Å². The molecule has 1 rings (SSSR count). The molecule has 84 valence electrons. The molecule has 0 radical (unpaired) electrons. The summed E-state index contributed by atoms with van der Waals surface area (Å²) in [6.07, 6.45) is 0. The van der Waals surface area contributed by atoms with Crippen LogP contribution in [-0.2, 0) is 10.7 Å². The quantitative estimate of drug-likeness (QED) is 0.683. The van der Waals surface area contributed by atoms with Crippen molar-refractivity contribution in [3.63, 3.8) is 0 Å². The monoisotopic (exact) mass is 237 g/mol. The van der Waals surface area contributed by atoms with E-state index in [2.05, 4.69) is 0 Å². The first kappa shape index (κ1) is 12.0. The molecule has 0 heterocycles. The standard InChI is InChI=1S/C9H10F3NOS/c1-13(2)15(9(10,11)12)8-6-4-3-5-7(8)14/h3-6H,1-2H3. The lowest BCUT2D eigenvalue weighted by Crippen LogP contribution is -2.24. The number of hydrogen-bond acceptors (Lipinski definition) is 1. The minimum absolute atomic E-state index is 0.213. The van der Waals surface area contributed by atoms with Crippen molar-refractivity contribution in [1.29, 1.82) is 0 Å². The Balaban J connectivity index is 3.38. The molecular weight excluding hydrogens is 227 g/mol. The molecule has 1 aromatic rings. The first-order valence-corrected chi connectivity index (χ1v) is 5.27. The van der Waals surface area contributed by atoms with Gasteiger partial charge in [0.25, 0.3) is 0 Å². The maximum absolute atomic E-state index is 12.7. The van der Waals surface area contributed by atoms with E-state index in [1.165, 1.54) is 32.3 Å². The van der Waals surface area contributed by atoms with Crippen LogP contribution in [0.4, 0.5) is 13.2 Å². The van der Waals surface area contributed by atoms with Gasteiger partial charge in [-0.2, -0.15) is 13.2 Å². The van der Waals surface area contributed by atoms with E-state index in [0.717, 1.165) is 10.0 Å². The molecule has 1 atom stereocenters. The lowest BCUT2D eigenvalue weighted by molar-refractivity contribution is -0.441. The van der Waals surface area contributed by atoms with Gasteiger partial charge < -0.3 is 5.11 Å². The van der Waals surface area contributed by atoms with Gasteiger partial charge in [0, 0.05) is 0 Å². The largest absolute Gasteiger partial charge is 0.872 e. The Morgan fingerprint density at radius 1 is 1.20 bits per heavy atom. The van der Waals surface area contributed by atoms with E-state index in [0.29, 0.717) is 0 Å². The van der Waals surface area contributed by atoms with E-state index in [1.54, 1.807) is 0 Å². The zero-order valence-corrected chi connectivity index (χ0v) is 9.02. The summed E-state index contributed by atoms with van der Waals surface area (Å²) < 4.78 is 39.0. The van der Waals surface area contributed by atoms with Crippen LogP contribution in [0.15, 0.2) is 29.2 Å². The summed E-state index contributed by atoms with van der Waals surface area (Å²) in [4.78, 5) is -0.213. The highest BCUT2D eigenvalue weighted by atomic mass is 32.2. The van der Waals surface area contributed by atoms with Gasteiger partial charge in [-0.15, -0.1) is 0 Å². The molecule has 0 N–H and O–H groups in total. The van der Waals surface area contributed by atoms with Crippen molar-refractivity contribution in [3.8, 4) is 5.75 Å². The van der Waals surface area contributed by atoms with Crippen LogP contribution in [0.2, 0.25) is 0 Å². The van der Waals surface area contributed by atoms with E-state index in [1.807, 2.05) is 0 Å². The first-order valence-electron chi connectivity index (χ1n) is 4.08. The van der Waals surface area contributed by atoms with Gasteiger partial charge in [-0.05, 0) is 6.07 Å². The maximum Gasteiger partial charge on any atom is 0.495 e. The van der Waals surface area contributed by atoms with Gasteiger partial charge in [-0.25, -0.2) is 3.95 Å². The van der Waals surface area contributed by atoms with Gasteiger partial charge in [0.15, 0.2) is 10.7 Å². The van der Waals surface area contributed by atoms with Crippen LogP contribution in [0.5, 0.6) is 5.75 Å². The molecule has 0 saturated carbocycles. The third-order valence-electron chi connectivity index (χ3n) is 1.64. The second-order valence-corrected chi connectivity index (χ2v) is 5.19. The predicted octanol–water partition coefficient (Wildman–Crippen LogP) is 1.71. The normalized spacial score (nSPS) is 13.7. The first-order chi connectivity index (χ1) is 6.84. The Bertz CT molecular complexity index is 397. The lowest BCUT2D eigenvalue weighted by atomic mass is 10.3. The van der Waals surface area contributed by atoms with Crippen molar-refractivity contribution in [1.82, 2.24) is 0 Å². The molecule has 1 unspecified atom stereocenters. The predicted molar refractivity (Wildman–Crippen MR) is 49.7 cm³/mol. The summed E-state index contributed by atoms with van der Waals surface area (Å²) in [6, 6.07) is 5.23. The molecule has 0 aliphatic heterocycles. The van der Waals surface area contributed by atoms with E-state index in [-0.39, 0.29) is 4.90 Å². The second kappa shape index (κ2) is 4.22. The summed E-state index contributed by atoms with van der Waals surface area (Å²) >= 11 is 0. The average molecular weight is 237 g/mol. The van der Waals surface area contributed by atoms with Crippen LogP contribution < -0.4 is 5.11 Å². The summed E-state index contributed by atoms with van der Waals surface area (Å²) in [7, 11) is 0.470. The fourth-order valence-corrected chi connectivity index (χ4v) is 2.66. The molecule has 1 aromatic carbocycles. The van der Waals surface area contributed by atoms with Gasteiger partial charge in [-0.3, -0.25) is 0 Å². The van der Waals surface area contributed by atoms with Gasteiger partial charge in [0.05, 0.1) is 4.90 Å². The van der Waals surface area contributed by atoms with Crippen LogP contribution in [0.3, 0.4) is 0 Å². The summed E-state index contributed by atoms with van der Waals surface area (Å²) in [6.45, 7) is 0. The molecule has 0 aliphatic carbocycles. The molecule has 0 amide bonds. The van der Waals surface area contributed by atoms with Crippen LogP contribution in [-0.4, -0.2) is 23.5 Å². The highest BCUT2D eigenvalue weighted by Gasteiger charge is 2.41. The summed E-state index contributed by atoms with van der Waals surface area (Å²) in [5, 5.41) is 11.3. The Labute approximate surface area is 88.1 Å². The molecular formula is C9H10F3NOS. The summed E-state index contributed by atoms with van der Waals surface area (Å²) in [5.74, 6) is -0.577. The zero-order chi connectivity index (χ0) is 11.6. The van der Waals surface area contributed by atoms with E-state index in [9.17, 15) is 18.3 Å². The van der Waals surface area contributed by atoms with E-state index >= 15 is 0 Å². The van der Waals surface area contributed by atoms with Gasteiger partial charge in [0.2, 0.25) is 0 Å². The van der Waals surface area contributed by atoms with E-state index in [4.69, 9.17) is 0 Å². The number of hydrogen-bond donors (Lipinski definition) is 0. The molecule has 0 fully saturated rings. The molecule has 0 spiro atoms.